The lowest BCUT2D eigenvalue weighted by atomic mass is 10.1. The van der Waals surface area contributed by atoms with Gasteiger partial charge < -0.3 is 15.0 Å². The second-order valence-corrected chi connectivity index (χ2v) is 5.92. The van der Waals surface area contributed by atoms with E-state index in [-0.39, 0.29) is 0 Å². The Hall–Kier alpha value is -3.34. The Morgan fingerprint density at radius 1 is 0.880 bits per heavy atom. The maximum atomic E-state index is 5.77. The first-order valence-corrected chi connectivity index (χ1v) is 8.10. The molecule has 2 aromatic carbocycles. The molecule has 0 aliphatic carbocycles. The number of rotatable bonds is 4. The molecule has 2 aromatic heterocycles. The SMILES string of the molecule is Cc1ccc2[nH]c(Nc3ccc(Oc4ccncc4)cc3)nc2c1C. The standard InChI is InChI=1S/C20H18N4O/c1-13-3-8-18-19(14(13)2)24-20(23-18)22-15-4-6-16(7-5-15)25-17-9-11-21-12-10-17/h3-12H,1-2H3,(H2,22,23,24). The summed E-state index contributed by atoms with van der Waals surface area (Å²) in [6.45, 7) is 4.19. The number of benzene rings is 2. The number of imidazole rings is 1. The van der Waals surface area contributed by atoms with E-state index < -0.39 is 0 Å². The summed E-state index contributed by atoms with van der Waals surface area (Å²) in [6, 6.07) is 15.6. The van der Waals surface area contributed by atoms with Crippen molar-refractivity contribution in [1.29, 1.82) is 0 Å². The third-order valence-corrected chi connectivity index (χ3v) is 4.18. The van der Waals surface area contributed by atoms with Crippen LogP contribution in [-0.4, -0.2) is 15.0 Å². The van der Waals surface area contributed by atoms with Crippen LogP contribution in [0.3, 0.4) is 0 Å². The fourth-order valence-electron chi connectivity index (χ4n) is 2.66. The Labute approximate surface area is 145 Å². The minimum Gasteiger partial charge on any atom is -0.457 e. The molecule has 0 aliphatic rings. The topological polar surface area (TPSA) is 62.8 Å². The van der Waals surface area contributed by atoms with Crippen LogP contribution in [0, 0.1) is 13.8 Å². The summed E-state index contributed by atoms with van der Waals surface area (Å²) in [6.07, 6.45) is 3.41. The van der Waals surface area contributed by atoms with Gasteiger partial charge in [0.05, 0.1) is 11.0 Å². The van der Waals surface area contributed by atoms with Crippen LogP contribution in [0.2, 0.25) is 0 Å². The first-order chi connectivity index (χ1) is 12.2. The van der Waals surface area contributed by atoms with E-state index in [0.29, 0.717) is 0 Å². The first kappa shape index (κ1) is 15.2. The van der Waals surface area contributed by atoms with Gasteiger partial charge >= 0.3 is 0 Å². The number of anilines is 2. The average molecular weight is 330 g/mol. The predicted octanol–water partition coefficient (Wildman–Crippen LogP) is 5.11. The molecule has 0 atom stereocenters. The van der Waals surface area contributed by atoms with Gasteiger partial charge in [-0.05, 0) is 67.4 Å². The summed E-state index contributed by atoms with van der Waals surface area (Å²) in [5, 5.41) is 3.30. The lowest BCUT2D eigenvalue weighted by Gasteiger charge is -2.07. The number of nitrogens with one attached hydrogen (secondary N) is 2. The molecule has 0 amide bonds. The Morgan fingerprint density at radius 2 is 1.60 bits per heavy atom. The monoisotopic (exact) mass is 330 g/mol. The van der Waals surface area contributed by atoms with Crippen LogP contribution in [-0.2, 0) is 0 Å². The fraction of sp³-hybridized carbons (Fsp3) is 0.100. The molecule has 4 aromatic rings. The highest BCUT2D eigenvalue weighted by Gasteiger charge is 2.07. The molecule has 0 fully saturated rings. The van der Waals surface area contributed by atoms with Crippen molar-refractivity contribution in [2.24, 2.45) is 0 Å². The molecular weight excluding hydrogens is 312 g/mol. The van der Waals surface area contributed by atoms with Crippen LogP contribution < -0.4 is 10.1 Å². The van der Waals surface area contributed by atoms with Crippen molar-refractivity contribution in [3.05, 3.63) is 72.1 Å². The van der Waals surface area contributed by atoms with Crippen molar-refractivity contribution in [1.82, 2.24) is 15.0 Å². The van der Waals surface area contributed by atoms with E-state index in [2.05, 4.69) is 46.2 Å². The van der Waals surface area contributed by atoms with Gasteiger partial charge in [-0.3, -0.25) is 4.98 Å². The summed E-state index contributed by atoms with van der Waals surface area (Å²) in [5.41, 5.74) is 5.41. The first-order valence-electron chi connectivity index (χ1n) is 8.10. The van der Waals surface area contributed by atoms with Crippen LogP contribution >= 0.6 is 0 Å². The van der Waals surface area contributed by atoms with E-state index in [1.165, 1.54) is 11.1 Å². The number of nitrogens with zero attached hydrogens (tertiary/aromatic N) is 2. The molecule has 0 saturated carbocycles. The maximum absolute atomic E-state index is 5.77. The molecule has 25 heavy (non-hydrogen) atoms. The van der Waals surface area contributed by atoms with E-state index in [9.17, 15) is 0 Å². The Morgan fingerprint density at radius 3 is 2.36 bits per heavy atom. The number of aromatic amines is 1. The number of H-pyrrole nitrogens is 1. The third-order valence-electron chi connectivity index (χ3n) is 4.18. The average Bonchev–Trinajstić information content (AvgIpc) is 3.04. The van der Waals surface area contributed by atoms with Gasteiger partial charge in [0.25, 0.3) is 0 Å². The zero-order chi connectivity index (χ0) is 17.2. The van der Waals surface area contributed by atoms with Crippen LogP contribution in [0.5, 0.6) is 11.5 Å². The molecule has 0 bridgehead atoms. The quantitative estimate of drug-likeness (QED) is 0.546. The molecule has 0 aliphatic heterocycles. The molecular formula is C20H18N4O. The molecule has 5 nitrogen and oxygen atoms in total. The highest BCUT2D eigenvalue weighted by atomic mass is 16.5. The van der Waals surface area contributed by atoms with E-state index >= 15 is 0 Å². The Kier molecular flexibility index (Phi) is 3.82. The fourth-order valence-corrected chi connectivity index (χ4v) is 2.66. The van der Waals surface area contributed by atoms with Crippen molar-refractivity contribution in [3.63, 3.8) is 0 Å². The van der Waals surface area contributed by atoms with Gasteiger partial charge in [0, 0.05) is 18.1 Å². The zero-order valence-electron chi connectivity index (χ0n) is 14.1. The molecule has 0 unspecified atom stereocenters. The smallest absolute Gasteiger partial charge is 0.205 e. The molecule has 4 rings (SSSR count). The Bertz CT molecular complexity index is 1010. The maximum Gasteiger partial charge on any atom is 0.205 e. The number of hydrogen-bond donors (Lipinski definition) is 2. The summed E-state index contributed by atoms with van der Waals surface area (Å²) in [5.74, 6) is 2.26. The number of pyridine rings is 1. The van der Waals surface area contributed by atoms with Gasteiger partial charge in [0.1, 0.15) is 11.5 Å². The van der Waals surface area contributed by atoms with Gasteiger partial charge in [-0.25, -0.2) is 4.98 Å². The number of fused-ring (bicyclic) bond motifs is 1. The van der Waals surface area contributed by atoms with Gasteiger partial charge in [-0.15, -0.1) is 0 Å². The summed E-state index contributed by atoms with van der Waals surface area (Å²) in [7, 11) is 0. The second kappa shape index (κ2) is 6.28. The normalized spacial score (nSPS) is 10.8. The molecule has 0 saturated heterocycles. The predicted molar refractivity (Wildman–Crippen MR) is 99.6 cm³/mol. The molecule has 0 spiro atoms. The number of aryl methyl sites for hydroxylation is 2. The third kappa shape index (κ3) is 3.17. The van der Waals surface area contributed by atoms with Gasteiger partial charge in [-0.1, -0.05) is 6.07 Å². The van der Waals surface area contributed by atoms with E-state index in [1.807, 2.05) is 36.4 Å². The lowest BCUT2D eigenvalue weighted by Crippen LogP contribution is -1.92. The van der Waals surface area contributed by atoms with Crippen molar-refractivity contribution >= 4 is 22.7 Å². The minimum atomic E-state index is 0.728. The highest BCUT2D eigenvalue weighted by Crippen LogP contribution is 2.25. The molecule has 2 N–H and O–H groups in total. The van der Waals surface area contributed by atoms with E-state index in [4.69, 9.17) is 4.74 Å². The lowest BCUT2D eigenvalue weighted by molar-refractivity contribution is 0.482. The van der Waals surface area contributed by atoms with Gasteiger partial charge in [-0.2, -0.15) is 0 Å². The van der Waals surface area contributed by atoms with Gasteiger partial charge in [0.15, 0.2) is 0 Å². The minimum absolute atomic E-state index is 0.728. The molecule has 0 radical (unpaired) electrons. The van der Waals surface area contributed by atoms with Crippen molar-refractivity contribution in [2.45, 2.75) is 13.8 Å². The summed E-state index contributed by atoms with van der Waals surface area (Å²) in [4.78, 5) is 11.9. The zero-order valence-corrected chi connectivity index (χ0v) is 14.1. The van der Waals surface area contributed by atoms with Crippen LogP contribution in [0.1, 0.15) is 11.1 Å². The van der Waals surface area contributed by atoms with E-state index in [1.54, 1.807) is 12.4 Å². The molecule has 2 heterocycles. The summed E-state index contributed by atoms with van der Waals surface area (Å²) < 4.78 is 5.77. The largest absolute Gasteiger partial charge is 0.457 e. The number of hydrogen-bond acceptors (Lipinski definition) is 4. The highest BCUT2D eigenvalue weighted by molar-refractivity contribution is 5.82. The second-order valence-electron chi connectivity index (χ2n) is 5.92. The molecule has 124 valence electrons. The van der Waals surface area contributed by atoms with Crippen molar-refractivity contribution < 1.29 is 4.74 Å². The van der Waals surface area contributed by atoms with Crippen molar-refractivity contribution in [2.75, 3.05) is 5.32 Å². The van der Waals surface area contributed by atoms with Crippen molar-refractivity contribution in [3.8, 4) is 11.5 Å². The van der Waals surface area contributed by atoms with Crippen LogP contribution in [0.25, 0.3) is 11.0 Å². The van der Waals surface area contributed by atoms with E-state index in [0.717, 1.165) is 34.2 Å². The summed E-state index contributed by atoms with van der Waals surface area (Å²) >= 11 is 0. The van der Waals surface area contributed by atoms with Crippen LogP contribution in [0.15, 0.2) is 60.9 Å². The van der Waals surface area contributed by atoms with Gasteiger partial charge in [0.2, 0.25) is 5.95 Å². The molecule has 5 heteroatoms. The van der Waals surface area contributed by atoms with Crippen LogP contribution in [0.4, 0.5) is 11.6 Å². The Balaban J connectivity index is 1.52. The number of ether oxygens (including phenoxy) is 1. The number of aromatic nitrogens is 3.